The van der Waals surface area contributed by atoms with Crippen LogP contribution in [0.3, 0.4) is 0 Å². The molecule has 2 unspecified atom stereocenters. The molecule has 0 aliphatic heterocycles. The Morgan fingerprint density at radius 1 is 0.379 bits per heavy atom. The van der Waals surface area contributed by atoms with Crippen molar-refractivity contribution in [3.63, 3.8) is 0 Å². The summed E-state index contributed by atoms with van der Waals surface area (Å²) in [6.07, 6.45) is 24.5. The SMILES string of the molecule is C1=CC2=CC=CC3c4c(c(-c5cccc(-c6cccc(-c7cncnc7)c6)c5)cc(-c5ccccc5)c4-c4cccc(-c5cccc(-c6cncnc6)c5)c4)C(=C1)C23. The Hall–Kier alpha value is -7.56. The maximum atomic E-state index is 4.28. The Bertz CT molecular complexity index is 3000. The first-order valence-corrected chi connectivity index (χ1v) is 19.7. The molecule has 0 amide bonds. The van der Waals surface area contributed by atoms with Crippen molar-refractivity contribution < 1.29 is 0 Å². The van der Waals surface area contributed by atoms with Crippen LogP contribution < -0.4 is 0 Å². The fourth-order valence-electron chi connectivity index (χ4n) is 9.21. The average Bonchev–Trinajstić information content (AvgIpc) is 3.65. The van der Waals surface area contributed by atoms with Crippen molar-refractivity contribution in [2.45, 2.75) is 5.92 Å². The molecule has 3 aliphatic rings. The minimum absolute atomic E-state index is 0.196. The molecule has 11 rings (SSSR count). The number of benzene rings is 6. The van der Waals surface area contributed by atoms with Gasteiger partial charge in [0.25, 0.3) is 0 Å². The zero-order valence-electron chi connectivity index (χ0n) is 31.6. The van der Waals surface area contributed by atoms with Gasteiger partial charge >= 0.3 is 0 Å². The molecule has 2 atom stereocenters. The molecule has 4 heteroatoms. The molecule has 6 aromatic carbocycles. The van der Waals surface area contributed by atoms with E-state index in [9.17, 15) is 0 Å². The summed E-state index contributed by atoms with van der Waals surface area (Å²) >= 11 is 0. The highest BCUT2D eigenvalue weighted by Crippen LogP contribution is 2.60. The summed E-state index contributed by atoms with van der Waals surface area (Å²) in [6, 6.07) is 48.9. The first kappa shape index (κ1) is 33.8. The van der Waals surface area contributed by atoms with Crippen LogP contribution >= 0.6 is 0 Å². The molecular weight excluding hydrogens is 705 g/mol. The van der Waals surface area contributed by atoms with Crippen molar-refractivity contribution in [2.75, 3.05) is 0 Å². The fourth-order valence-corrected chi connectivity index (χ4v) is 9.21. The third-order valence-corrected chi connectivity index (χ3v) is 11.8. The second-order valence-electron chi connectivity index (χ2n) is 15.1. The standard InChI is InChI=1S/C54H36N4/c1-2-10-35(11-3-1)49-28-50(43-20-6-16-39(26-43)37-14-4-18-41(24-37)45-29-55-33-56-30-45)53-47-22-8-12-36-13-9-23-48(51(36)47)54(53)52(49)44-21-7-17-40(27-44)38-15-5-19-42(25-38)46-31-57-34-58-32-46/h1-34,48,51H. The lowest BCUT2D eigenvalue weighted by atomic mass is 9.77. The predicted molar refractivity (Wildman–Crippen MR) is 236 cm³/mol. The topological polar surface area (TPSA) is 51.6 Å². The average molecular weight is 741 g/mol. The first-order valence-electron chi connectivity index (χ1n) is 19.7. The molecule has 3 aliphatic carbocycles. The summed E-state index contributed by atoms with van der Waals surface area (Å²) in [5, 5.41) is 0. The lowest BCUT2D eigenvalue weighted by molar-refractivity contribution is 0.723. The molecule has 2 aromatic heterocycles. The van der Waals surface area contributed by atoms with Gasteiger partial charge in [0.05, 0.1) is 0 Å². The molecule has 0 spiro atoms. The molecule has 0 radical (unpaired) electrons. The van der Waals surface area contributed by atoms with Gasteiger partial charge in [-0.1, -0.05) is 140 Å². The van der Waals surface area contributed by atoms with Crippen LogP contribution in [0.2, 0.25) is 0 Å². The molecule has 0 fully saturated rings. The number of hydrogen-bond donors (Lipinski definition) is 0. The van der Waals surface area contributed by atoms with Gasteiger partial charge in [0.15, 0.2) is 0 Å². The lowest BCUT2D eigenvalue weighted by Gasteiger charge is -2.26. The van der Waals surface area contributed by atoms with E-state index in [-0.39, 0.29) is 11.8 Å². The number of aromatic nitrogens is 4. The normalized spacial score (nSPS) is 16.0. The molecule has 0 saturated heterocycles. The van der Waals surface area contributed by atoms with Gasteiger partial charge in [-0.15, -0.1) is 0 Å². The van der Waals surface area contributed by atoms with Gasteiger partial charge in [-0.2, -0.15) is 0 Å². The van der Waals surface area contributed by atoms with Crippen molar-refractivity contribution in [1.82, 2.24) is 19.9 Å². The summed E-state index contributed by atoms with van der Waals surface area (Å²) in [5.74, 6) is 0.455. The van der Waals surface area contributed by atoms with E-state index in [1.807, 2.05) is 24.8 Å². The summed E-state index contributed by atoms with van der Waals surface area (Å²) in [6.45, 7) is 0. The minimum Gasteiger partial charge on any atom is -0.244 e. The van der Waals surface area contributed by atoms with Crippen molar-refractivity contribution in [3.05, 3.63) is 224 Å². The molecule has 0 N–H and O–H groups in total. The molecule has 8 aromatic rings. The number of allylic oxidation sites excluding steroid dienone is 8. The first-order chi connectivity index (χ1) is 28.8. The van der Waals surface area contributed by atoms with Gasteiger partial charge in [0.1, 0.15) is 12.7 Å². The summed E-state index contributed by atoms with van der Waals surface area (Å²) in [4.78, 5) is 17.1. The summed E-state index contributed by atoms with van der Waals surface area (Å²) in [5.41, 5.74) is 21.7. The highest BCUT2D eigenvalue weighted by atomic mass is 14.8. The Morgan fingerprint density at radius 3 is 1.47 bits per heavy atom. The molecular formula is C54H36N4. The number of rotatable bonds is 7. The van der Waals surface area contributed by atoms with Crippen LogP contribution in [0.15, 0.2) is 213 Å². The van der Waals surface area contributed by atoms with E-state index >= 15 is 0 Å². The predicted octanol–water partition coefficient (Wildman–Crippen LogP) is 13.1. The maximum absolute atomic E-state index is 4.28. The van der Waals surface area contributed by atoms with Crippen LogP contribution in [-0.4, -0.2) is 19.9 Å². The van der Waals surface area contributed by atoms with Crippen molar-refractivity contribution >= 4 is 5.57 Å². The Balaban J connectivity index is 1.13. The van der Waals surface area contributed by atoms with Gasteiger partial charge in [-0.25, -0.2) is 19.9 Å². The zero-order valence-corrected chi connectivity index (χ0v) is 31.6. The van der Waals surface area contributed by atoms with Crippen molar-refractivity contribution in [1.29, 1.82) is 0 Å². The molecule has 4 nitrogen and oxygen atoms in total. The maximum Gasteiger partial charge on any atom is 0.115 e. The Kier molecular flexibility index (Phi) is 8.25. The van der Waals surface area contributed by atoms with Crippen molar-refractivity contribution in [3.8, 4) is 77.9 Å². The van der Waals surface area contributed by atoms with Crippen molar-refractivity contribution in [2.24, 2.45) is 5.92 Å². The van der Waals surface area contributed by atoms with Gasteiger partial charge in [0.2, 0.25) is 0 Å². The van der Waals surface area contributed by atoms with E-state index in [4.69, 9.17) is 0 Å². The molecule has 58 heavy (non-hydrogen) atoms. The second-order valence-corrected chi connectivity index (χ2v) is 15.1. The van der Waals surface area contributed by atoms with Gasteiger partial charge < -0.3 is 0 Å². The highest BCUT2D eigenvalue weighted by Gasteiger charge is 2.42. The van der Waals surface area contributed by atoms with Crippen LogP contribution in [0, 0.1) is 5.92 Å². The van der Waals surface area contributed by atoms with Crippen LogP contribution in [0.1, 0.15) is 17.0 Å². The Morgan fingerprint density at radius 2 is 0.862 bits per heavy atom. The highest BCUT2D eigenvalue weighted by molar-refractivity contribution is 6.02. The van der Waals surface area contributed by atoms with E-state index in [1.165, 1.54) is 66.8 Å². The monoisotopic (exact) mass is 740 g/mol. The molecule has 0 bridgehead atoms. The number of nitrogens with zero attached hydrogens (tertiary/aromatic N) is 4. The van der Waals surface area contributed by atoms with Crippen LogP contribution in [0.5, 0.6) is 0 Å². The van der Waals surface area contributed by atoms with Gasteiger partial charge in [-0.3, -0.25) is 0 Å². The number of hydrogen-bond acceptors (Lipinski definition) is 4. The van der Waals surface area contributed by atoms with Gasteiger partial charge in [-0.05, 0) is 119 Å². The van der Waals surface area contributed by atoms with E-state index in [1.54, 1.807) is 12.7 Å². The van der Waals surface area contributed by atoms with Crippen LogP contribution in [0.25, 0.3) is 83.5 Å². The minimum atomic E-state index is 0.196. The fraction of sp³-hybridized carbons (Fsp3) is 0.0370. The Labute approximate surface area is 338 Å². The lowest BCUT2D eigenvalue weighted by Crippen LogP contribution is -2.12. The van der Waals surface area contributed by atoms with Crippen LogP contribution in [-0.2, 0) is 0 Å². The van der Waals surface area contributed by atoms with Crippen LogP contribution in [0.4, 0.5) is 0 Å². The zero-order chi connectivity index (χ0) is 38.4. The van der Waals surface area contributed by atoms with E-state index < -0.39 is 0 Å². The largest absolute Gasteiger partial charge is 0.244 e. The summed E-state index contributed by atoms with van der Waals surface area (Å²) in [7, 11) is 0. The second kappa shape index (κ2) is 14.2. The quantitative estimate of drug-likeness (QED) is 0.163. The summed E-state index contributed by atoms with van der Waals surface area (Å²) < 4.78 is 0. The smallest absolute Gasteiger partial charge is 0.115 e. The van der Waals surface area contributed by atoms with E-state index in [0.29, 0.717) is 0 Å². The third-order valence-electron chi connectivity index (χ3n) is 11.8. The molecule has 2 heterocycles. The molecule has 272 valence electrons. The third kappa shape index (κ3) is 5.86. The molecule has 0 saturated carbocycles. The van der Waals surface area contributed by atoms with E-state index in [2.05, 4.69) is 190 Å². The van der Waals surface area contributed by atoms with Gasteiger partial charge in [0, 0.05) is 47.8 Å². The number of fused-ring (bicyclic) bond motifs is 3. The van der Waals surface area contributed by atoms with E-state index in [0.717, 1.165) is 33.4 Å².